The number of ether oxygens (including phenoxy) is 2. The Morgan fingerprint density at radius 1 is 1.30 bits per heavy atom. The van der Waals surface area contributed by atoms with Gasteiger partial charge in [-0.05, 0) is 57.2 Å². The summed E-state index contributed by atoms with van der Waals surface area (Å²) in [5, 5.41) is 3.94. The molecular weight excluding hydrogens is 342 g/mol. The molecule has 3 N–H and O–H groups in total. The van der Waals surface area contributed by atoms with E-state index in [4.69, 9.17) is 15.2 Å². The van der Waals surface area contributed by atoms with Crippen molar-refractivity contribution in [2.45, 2.75) is 58.1 Å². The molecule has 1 saturated carbocycles. The van der Waals surface area contributed by atoms with Gasteiger partial charge in [-0.25, -0.2) is 0 Å². The third-order valence-corrected chi connectivity index (χ3v) is 4.87. The standard InChI is InChI=1S/C21H29N3O3/c1-3-11-26-13-20(25)24-15-7-9-16(10-8-15)27-19-6-4-5-18-21(19)17(22)12-14(2)23-18/h4-6,12,15-16H,3,7-11,13H2,1-2H3,(H2,22,23)(H,24,25)/t15-,16-. The van der Waals surface area contributed by atoms with Crippen LogP contribution in [0.1, 0.15) is 44.7 Å². The van der Waals surface area contributed by atoms with Gasteiger partial charge in [-0.2, -0.15) is 0 Å². The van der Waals surface area contributed by atoms with E-state index in [-0.39, 0.29) is 24.7 Å². The van der Waals surface area contributed by atoms with Crippen LogP contribution in [-0.2, 0) is 9.53 Å². The van der Waals surface area contributed by atoms with E-state index in [0.717, 1.165) is 54.5 Å². The van der Waals surface area contributed by atoms with Gasteiger partial charge in [0.25, 0.3) is 0 Å². The quantitative estimate of drug-likeness (QED) is 0.729. The van der Waals surface area contributed by atoms with E-state index in [9.17, 15) is 4.79 Å². The Kier molecular flexibility index (Phi) is 6.50. The molecule has 0 aliphatic heterocycles. The predicted octanol–water partition coefficient (Wildman–Crippen LogP) is 3.36. The largest absolute Gasteiger partial charge is 0.490 e. The van der Waals surface area contributed by atoms with Gasteiger partial charge in [-0.3, -0.25) is 9.78 Å². The van der Waals surface area contributed by atoms with Gasteiger partial charge in [-0.1, -0.05) is 13.0 Å². The second-order valence-corrected chi connectivity index (χ2v) is 7.21. The molecule has 3 rings (SSSR count). The minimum absolute atomic E-state index is 0.0314. The van der Waals surface area contributed by atoms with E-state index in [1.54, 1.807) is 0 Å². The SMILES string of the molecule is CCCOCC(=O)N[C@H]1CC[C@H](Oc2cccc3nc(C)cc(N)c23)CC1. The van der Waals surface area contributed by atoms with Crippen molar-refractivity contribution in [1.29, 1.82) is 0 Å². The third kappa shape index (κ3) is 5.10. The lowest BCUT2D eigenvalue weighted by Gasteiger charge is -2.30. The number of benzene rings is 1. The number of nitrogen functional groups attached to an aromatic ring is 1. The highest BCUT2D eigenvalue weighted by Gasteiger charge is 2.24. The summed E-state index contributed by atoms with van der Waals surface area (Å²) in [4.78, 5) is 16.4. The van der Waals surface area contributed by atoms with Gasteiger partial charge in [-0.15, -0.1) is 0 Å². The monoisotopic (exact) mass is 371 g/mol. The van der Waals surface area contributed by atoms with Crippen molar-refractivity contribution in [3.05, 3.63) is 30.0 Å². The average molecular weight is 371 g/mol. The van der Waals surface area contributed by atoms with E-state index >= 15 is 0 Å². The number of amides is 1. The number of fused-ring (bicyclic) bond motifs is 1. The van der Waals surface area contributed by atoms with E-state index in [1.165, 1.54) is 0 Å². The van der Waals surface area contributed by atoms with Crippen molar-refractivity contribution >= 4 is 22.5 Å². The Morgan fingerprint density at radius 3 is 2.81 bits per heavy atom. The van der Waals surface area contributed by atoms with E-state index < -0.39 is 0 Å². The first-order valence-corrected chi connectivity index (χ1v) is 9.76. The second kappa shape index (κ2) is 9.04. The zero-order valence-electron chi connectivity index (χ0n) is 16.2. The van der Waals surface area contributed by atoms with Crippen LogP contribution < -0.4 is 15.8 Å². The Bertz CT molecular complexity index is 786. The summed E-state index contributed by atoms with van der Waals surface area (Å²) in [7, 11) is 0. The minimum atomic E-state index is -0.0314. The van der Waals surface area contributed by atoms with Crippen LogP contribution in [0.15, 0.2) is 24.3 Å². The molecule has 2 aromatic rings. The van der Waals surface area contributed by atoms with E-state index in [0.29, 0.717) is 12.3 Å². The zero-order valence-corrected chi connectivity index (χ0v) is 16.2. The van der Waals surface area contributed by atoms with Crippen molar-refractivity contribution in [2.75, 3.05) is 18.9 Å². The molecule has 1 aromatic heterocycles. The lowest BCUT2D eigenvalue weighted by molar-refractivity contribution is -0.126. The predicted molar refractivity (Wildman–Crippen MR) is 107 cm³/mol. The third-order valence-electron chi connectivity index (χ3n) is 4.87. The molecule has 1 amide bonds. The number of carbonyl (C=O) groups excluding carboxylic acids is 1. The number of rotatable bonds is 7. The van der Waals surface area contributed by atoms with E-state index in [1.807, 2.05) is 38.1 Å². The van der Waals surface area contributed by atoms with Gasteiger partial charge in [0.15, 0.2) is 0 Å². The number of hydrogen-bond donors (Lipinski definition) is 2. The Morgan fingerprint density at radius 2 is 2.07 bits per heavy atom. The van der Waals surface area contributed by atoms with Gasteiger partial charge in [0, 0.05) is 24.0 Å². The number of nitrogens with zero attached hydrogens (tertiary/aromatic N) is 1. The zero-order chi connectivity index (χ0) is 19.2. The Balaban J connectivity index is 1.55. The molecule has 0 unspecified atom stereocenters. The van der Waals surface area contributed by atoms with Crippen LogP contribution in [0.4, 0.5) is 5.69 Å². The van der Waals surface area contributed by atoms with Crippen LogP contribution in [-0.4, -0.2) is 36.3 Å². The second-order valence-electron chi connectivity index (χ2n) is 7.21. The summed E-state index contributed by atoms with van der Waals surface area (Å²) in [5.41, 5.74) is 8.66. The van der Waals surface area contributed by atoms with Crippen molar-refractivity contribution in [1.82, 2.24) is 10.3 Å². The highest BCUT2D eigenvalue weighted by Crippen LogP contribution is 2.33. The maximum atomic E-state index is 11.9. The van der Waals surface area contributed by atoms with Crippen molar-refractivity contribution in [2.24, 2.45) is 0 Å². The molecule has 1 aliphatic carbocycles. The molecule has 0 radical (unpaired) electrons. The number of nitrogens with two attached hydrogens (primary N) is 1. The normalized spacial score (nSPS) is 19.8. The molecule has 1 aromatic carbocycles. The fourth-order valence-electron chi connectivity index (χ4n) is 3.60. The summed E-state index contributed by atoms with van der Waals surface area (Å²) < 4.78 is 11.6. The fourth-order valence-corrected chi connectivity index (χ4v) is 3.60. The van der Waals surface area contributed by atoms with E-state index in [2.05, 4.69) is 10.3 Å². The molecule has 146 valence electrons. The van der Waals surface area contributed by atoms with Gasteiger partial charge in [0.05, 0.1) is 17.0 Å². The van der Waals surface area contributed by atoms with Crippen LogP contribution >= 0.6 is 0 Å². The topological polar surface area (TPSA) is 86.5 Å². The van der Waals surface area contributed by atoms with Crippen molar-refractivity contribution in [3.63, 3.8) is 0 Å². The number of hydrogen-bond acceptors (Lipinski definition) is 5. The minimum Gasteiger partial charge on any atom is -0.490 e. The van der Waals surface area contributed by atoms with Crippen molar-refractivity contribution in [3.8, 4) is 5.75 Å². The first-order chi connectivity index (χ1) is 13.1. The molecule has 0 bridgehead atoms. The van der Waals surface area contributed by atoms with Gasteiger partial charge < -0.3 is 20.5 Å². The lowest BCUT2D eigenvalue weighted by atomic mass is 9.93. The number of pyridine rings is 1. The summed E-state index contributed by atoms with van der Waals surface area (Å²) in [6.07, 6.45) is 4.65. The lowest BCUT2D eigenvalue weighted by Crippen LogP contribution is -2.41. The number of aryl methyl sites for hydroxylation is 1. The number of anilines is 1. The molecule has 0 atom stereocenters. The maximum absolute atomic E-state index is 11.9. The number of nitrogens with one attached hydrogen (secondary N) is 1. The Labute approximate surface area is 160 Å². The first-order valence-electron chi connectivity index (χ1n) is 9.76. The average Bonchev–Trinajstić information content (AvgIpc) is 2.63. The van der Waals surface area contributed by atoms with Crippen LogP contribution in [0.25, 0.3) is 10.9 Å². The summed E-state index contributed by atoms with van der Waals surface area (Å²) in [6, 6.07) is 7.94. The Hall–Kier alpha value is -2.34. The van der Waals surface area contributed by atoms with Crippen LogP contribution in [0.3, 0.4) is 0 Å². The highest BCUT2D eigenvalue weighted by molar-refractivity contribution is 5.95. The number of aromatic nitrogens is 1. The van der Waals surface area contributed by atoms with Gasteiger partial charge >= 0.3 is 0 Å². The molecule has 6 nitrogen and oxygen atoms in total. The summed E-state index contributed by atoms with van der Waals surface area (Å²) >= 11 is 0. The molecule has 1 aliphatic rings. The molecule has 27 heavy (non-hydrogen) atoms. The first kappa shape index (κ1) is 19.4. The number of carbonyl (C=O) groups is 1. The van der Waals surface area contributed by atoms with Crippen LogP contribution in [0.5, 0.6) is 5.75 Å². The van der Waals surface area contributed by atoms with Gasteiger partial charge in [0.2, 0.25) is 5.91 Å². The molecule has 6 heteroatoms. The van der Waals surface area contributed by atoms with Gasteiger partial charge in [0.1, 0.15) is 12.4 Å². The molecular formula is C21H29N3O3. The molecule has 0 spiro atoms. The van der Waals surface area contributed by atoms with Crippen molar-refractivity contribution < 1.29 is 14.3 Å². The van der Waals surface area contributed by atoms with Crippen LogP contribution in [0, 0.1) is 6.92 Å². The fraction of sp³-hybridized carbons (Fsp3) is 0.524. The molecule has 1 heterocycles. The maximum Gasteiger partial charge on any atom is 0.246 e. The summed E-state index contributed by atoms with van der Waals surface area (Å²) in [6.45, 7) is 4.73. The molecule has 1 fully saturated rings. The summed E-state index contributed by atoms with van der Waals surface area (Å²) in [5.74, 6) is 0.758. The van der Waals surface area contributed by atoms with Crippen LogP contribution in [0.2, 0.25) is 0 Å². The highest BCUT2D eigenvalue weighted by atomic mass is 16.5. The molecule has 0 saturated heterocycles. The smallest absolute Gasteiger partial charge is 0.246 e.